The first kappa shape index (κ1) is 12.9. The Bertz CT molecular complexity index is 442. The normalized spacial score (nSPS) is 17.1. The Morgan fingerprint density at radius 3 is 2.50 bits per heavy atom. The van der Waals surface area contributed by atoms with E-state index in [1.54, 1.807) is 0 Å². The third kappa shape index (κ3) is 3.00. The molecule has 1 aromatic heterocycles. The zero-order valence-corrected chi connectivity index (χ0v) is 11.4. The first-order valence-electron chi connectivity index (χ1n) is 6.25. The molecule has 0 atom stereocenters. The van der Waals surface area contributed by atoms with Crippen molar-refractivity contribution in [2.75, 3.05) is 0 Å². The zero-order chi connectivity index (χ0) is 13.4. The van der Waals surface area contributed by atoms with Gasteiger partial charge >= 0.3 is 6.09 Å². The molecule has 1 aromatic rings. The molecule has 1 fully saturated rings. The fourth-order valence-corrected chi connectivity index (χ4v) is 1.82. The van der Waals surface area contributed by atoms with Crippen LogP contribution in [0.25, 0.3) is 0 Å². The Morgan fingerprint density at radius 2 is 2.06 bits per heavy atom. The maximum Gasteiger partial charge on any atom is 0.408 e. The third-order valence-corrected chi connectivity index (χ3v) is 2.89. The highest BCUT2D eigenvalue weighted by Gasteiger charge is 2.47. The van der Waals surface area contributed by atoms with Crippen molar-refractivity contribution < 1.29 is 9.53 Å². The molecule has 1 heterocycles. The van der Waals surface area contributed by atoms with Crippen LogP contribution in [0.5, 0.6) is 0 Å². The zero-order valence-electron chi connectivity index (χ0n) is 11.4. The Kier molecular flexibility index (Phi) is 3.05. The fourth-order valence-electron chi connectivity index (χ4n) is 1.82. The molecule has 18 heavy (non-hydrogen) atoms. The minimum Gasteiger partial charge on any atom is -0.444 e. The summed E-state index contributed by atoms with van der Waals surface area (Å²) < 4.78 is 5.28. The van der Waals surface area contributed by atoms with Gasteiger partial charge in [-0.15, -0.1) is 0 Å². The number of pyridine rings is 1. The van der Waals surface area contributed by atoms with Gasteiger partial charge in [0.2, 0.25) is 0 Å². The smallest absolute Gasteiger partial charge is 0.408 e. The van der Waals surface area contributed by atoms with Crippen LogP contribution in [0, 0.1) is 6.92 Å². The van der Waals surface area contributed by atoms with Gasteiger partial charge < -0.3 is 10.1 Å². The Labute approximate surface area is 108 Å². The average molecular weight is 248 g/mol. The second kappa shape index (κ2) is 4.26. The van der Waals surface area contributed by atoms with E-state index in [9.17, 15) is 4.79 Å². The number of amides is 1. The number of aryl methyl sites for hydroxylation is 1. The number of alkyl carbamates (subject to hydrolysis) is 1. The maximum atomic E-state index is 11.8. The van der Waals surface area contributed by atoms with Gasteiger partial charge in [0.15, 0.2) is 0 Å². The number of carbonyl (C=O) groups excluding carboxylic acids is 1. The van der Waals surface area contributed by atoms with Crippen LogP contribution >= 0.6 is 0 Å². The number of rotatable bonds is 2. The minimum atomic E-state index is -0.471. The number of nitrogens with zero attached hydrogens (tertiary/aromatic N) is 1. The molecule has 4 heteroatoms. The lowest BCUT2D eigenvalue weighted by atomic mass is 10.1. The van der Waals surface area contributed by atoms with Gasteiger partial charge in [0.1, 0.15) is 5.60 Å². The van der Waals surface area contributed by atoms with Gasteiger partial charge in [-0.25, -0.2) is 4.79 Å². The van der Waals surface area contributed by atoms with Crippen molar-refractivity contribution in [3.63, 3.8) is 0 Å². The van der Waals surface area contributed by atoms with Gasteiger partial charge in [0.05, 0.1) is 11.2 Å². The van der Waals surface area contributed by atoms with Gasteiger partial charge in [-0.2, -0.15) is 0 Å². The van der Waals surface area contributed by atoms with Crippen LogP contribution in [-0.4, -0.2) is 16.7 Å². The van der Waals surface area contributed by atoms with E-state index < -0.39 is 5.60 Å². The summed E-state index contributed by atoms with van der Waals surface area (Å²) in [5.74, 6) is 0. The lowest BCUT2D eigenvalue weighted by Crippen LogP contribution is -2.39. The highest BCUT2D eigenvalue weighted by molar-refractivity contribution is 5.69. The summed E-state index contributed by atoms with van der Waals surface area (Å²) in [6, 6.07) is 3.98. The van der Waals surface area contributed by atoms with Crippen LogP contribution in [-0.2, 0) is 10.3 Å². The summed E-state index contributed by atoms with van der Waals surface area (Å²) in [7, 11) is 0. The van der Waals surface area contributed by atoms with Gasteiger partial charge in [-0.1, -0.05) is 6.07 Å². The summed E-state index contributed by atoms with van der Waals surface area (Å²) in [6.45, 7) is 7.57. The number of hydrogen-bond donors (Lipinski definition) is 1. The number of ether oxygens (including phenoxy) is 1. The average Bonchev–Trinajstić information content (AvgIpc) is 2.96. The molecule has 0 aliphatic heterocycles. The fraction of sp³-hybridized carbons (Fsp3) is 0.571. The summed E-state index contributed by atoms with van der Waals surface area (Å²) in [6.07, 6.45) is 3.29. The molecule has 0 spiro atoms. The van der Waals surface area contributed by atoms with E-state index in [4.69, 9.17) is 4.74 Å². The van der Waals surface area contributed by atoms with Crippen molar-refractivity contribution in [2.45, 2.75) is 51.7 Å². The third-order valence-electron chi connectivity index (χ3n) is 2.89. The predicted molar refractivity (Wildman–Crippen MR) is 69.3 cm³/mol. The van der Waals surface area contributed by atoms with E-state index in [1.165, 1.54) is 0 Å². The highest BCUT2D eigenvalue weighted by atomic mass is 16.6. The Balaban J connectivity index is 2.04. The van der Waals surface area contributed by atoms with E-state index in [-0.39, 0.29) is 11.6 Å². The second-order valence-corrected chi connectivity index (χ2v) is 5.93. The molecule has 1 saturated carbocycles. The maximum absolute atomic E-state index is 11.8. The van der Waals surface area contributed by atoms with E-state index in [1.807, 2.05) is 46.0 Å². The molecule has 0 saturated heterocycles. The van der Waals surface area contributed by atoms with Crippen molar-refractivity contribution in [3.8, 4) is 0 Å². The Morgan fingerprint density at radius 1 is 1.39 bits per heavy atom. The van der Waals surface area contributed by atoms with Crippen LogP contribution in [0.1, 0.15) is 44.9 Å². The minimum absolute atomic E-state index is 0.309. The molecule has 1 aliphatic rings. The van der Waals surface area contributed by atoms with E-state index in [0.29, 0.717) is 0 Å². The first-order valence-corrected chi connectivity index (χ1v) is 6.25. The molecular weight excluding hydrogens is 228 g/mol. The summed E-state index contributed by atoms with van der Waals surface area (Å²) in [4.78, 5) is 16.2. The van der Waals surface area contributed by atoms with Crippen molar-refractivity contribution in [1.82, 2.24) is 10.3 Å². The molecule has 1 aliphatic carbocycles. The lowest BCUT2D eigenvalue weighted by molar-refractivity contribution is 0.0494. The summed E-state index contributed by atoms with van der Waals surface area (Å²) in [5, 5.41) is 2.94. The first-order chi connectivity index (χ1) is 8.31. The van der Waals surface area contributed by atoms with E-state index >= 15 is 0 Å². The summed E-state index contributed by atoms with van der Waals surface area (Å²) >= 11 is 0. The van der Waals surface area contributed by atoms with Crippen LogP contribution in [0.15, 0.2) is 18.3 Å². The standard InChI is InChI=1S/C14H20N2O2/c1-10-5-6-11(15-9-10)14(7-8-14)16-12(17)18-13(2,3)4/h5-6,9H,7-8H2,1-4H3,(H,16,17). The summed E-state index contributed by atoms with van der Waals surface area (Å²) in [5.41, 5.74) is 1.25. The van der Waals surface area contributed by atoms with Gasteiger partial charge in [0, 0.05) is 6.20 Å². The lowest BCUT2D eigenvalue weighted by Gasteiger charge is -2.23. The van der Waals surface area contributed by atoms with Crippen molar-refractivity contribution in [3.05, 3.63) is 29.6 Å². The molecular formula is C14H20N2O2. The van der Waals surface area contributed by atoms with Gasteiger partial charge in [-0.3, -0.25) is 4.98 Å². The molecule has 2 rings (SSSR count). The van der Waals surface area contributed by atoms with Gasteiger partial charge in [0.25, 0.3) is 0 Å². The largest absolute Gasteiger partial charge is 0.444 e. The van der Waals surface area contributed by atoms with Crippen molar-refractivity contribution in [1.29, 1.82) is 0 Å². The predicted octanol–water partition coefficient (Wildman–Crippen LogP) is 2.90. The molecule has 0 radical (unpaired) electrons. The second-order valence-electron chi connectivity index (χ2n) is 5.93. The molecule has 0 bridgehead atoms. The SMILES string of the molecule is Cc1ccc(C2(NC(=O)OC(C)(C)C)CC2)nc1. The van der Waals surface area contributed by atoms with Gasteiger partial charge in [-0.05, 0) is 52.2 Å². The van der Waals surface area contributed by atoms with E-state index in [0.717, 1.165) is 24.1 Å². The quantitative estimate of drug-likeness (QED) is 0.875. The monoisotopic (exact) mass is 248 g/mol. The van der Waals surface area contributed by atoms with Crippen LogP contribution in [0.3, 0.4) is 0 Å². The van der Waals surface area contributed by atoms with Crippen molar-refractivity contribution in [2.24, 2.45) is 0 Å². The van der Waals surface area contributed by atoms with Crippen LogP contribution in [0.4, 0.5) is 4.79 Å². The highest BCUT2D eigenvalue weighted by Crippen LogP contribution is 2.44. The Hall–Kier alpha value is -1.58. The molecule has 1 N–H and O–H groups in total. The molecule has 1 amide bonds. The molecule has 0 aromatic carbocycles. The number of nitrogens with one attached hydrogen (secondary N) is 1. The topological polar surface area (TPSA) is 51.2 Å². The number of hydrogen-bond acceptors (Lipinski definition) is 3. The van der Waals surface area contributed by atoms with Crippen LogP contribution < -0.4 is 5.32 Å². The van der Waals surface area contributed by atoms with Crippen molar-refractivity contribution >= 4 is 6.09 Å². The number of carbonyl (C=O) groups is 1. The van der Waals surface area contributed by atoms with Crippen LogP contribution in [0.2, 0.25) is 0 Å². The molecule has 0 unspecified atom stereocenters. The van der Waals surface area contributed by atoms with E-state index in [2.05, 4.69) is 10.3 Å². The number of aromatic nitrogens is 1. The molecule has 4 nitrogen and oxygen atoms in total. The molecule has 98 valence electrons.